The van der Waals surface area contributed by atoms with E-state index in [2.05, 4.69) is 54.3 Å². The van der Waals surface area contributed by atoms with E-state index in [1.165, 1.54) is 17.9 Å². The molecule has 0 spiro atoms. The van der Waals surface area contributed by atoms with Crippen LogP contribution in [0.4, 0.5) is 10.2 Å². The van der Waals surface area contributed by atoms with Crippen molar-refractivity contribution in [2.45, 2.75) is 51.3 Å². The van der Waals surface area contributed by atoms with Crippen LogP contribution in [-0.2, 0) is 27.4 Å². The monoisotopic (exact) mass is 510 g/mol. The van der Waals surface area contributed by atoms with Gasteiger partial charge in [0.15, 0.2) is 5.82 Å². The number of H-pyrrole nitrogens is 1. The van der Waals surface area contributed by atoms with Crippen molar-refractivity contribution in [1.29, 1.82) is 0 Å². The minimum Gasteiger partial charge on any atom is -0.456 e. The molecule has 190 valence electrons. The lowest BCUT2D eigenvalue weighted by molar-refractivity contribution is -0.105. The predicted molar refractivity (Wildman–Crippen MR) is 142 cm³/mol. The highest BCUT2D eigenvalue weighted by molar-refractivity contribution is 7.84. The molecule has 0 aliphatic rings. The second kappa shape index (κ2) is 11.4. The quantitative estimate of drug-likeness (QED) is 0.308. The minimum atomic E-state index is -1.42. The Bertz CT molecular complexity index is 1400. The van der Waals surface area contributed by atoms with E-state index < -0.39 is 16.6 Å². The molecule has 0 radical (unpaired) electrons. The van der Waals surface area contributed by atoms with E-state index in [1.807, 2.05) is 25.1 Å². The number of nitrogens with zero attached hydrogens (tertiary/aromatic N) is 2. The van der Waals surface area contributed by atoms with E-state index in [4.69, 9.17) is 4.74 Å². The van der Waals surface area contributed by atoms with Crippen LogP contribution in [0, 0.1) is 12.7 Å². The van der Waals surface area contributed by atoms with Crippen LogP contribution in [0.2, 0.25) is 0 Å². The van der Waals surface area contributed by atoms with Gasteiger partial charge in [0.1, 0.15) is 17.3 Å². The van der Waals surface area contributed by atoms with Crippen LogP contribution < -0.4 is 10.1 Å². The number of hydrogen-bond donors (Lipinski definition) is 2. The normalized spacial score (nSPS) is 12.0. The first-order valence-corrected chi connectivity index (χ1v) is 13.0. The molecule has 0 saturated carbocycles. The number of ether oxygens (including phenoxy) is 1. The number of aryl methyl sites for hydroxylation is 2. The van der Waals surface area contributed by atoms with Crippen molar-refractivity contribution >= 4 is 33.9 Å². The van der Waals surface area contributed by atoms with Gasteiger partial charge in [-0.25, -0.2) is 4.39 Å². The number of anilines is 1. The van der Waals surface area contributed by atoms with Gasteiger partial charge < -0.3 is 10.1 Å². The van der Waals surface area contributed by atoms with E-state index in [-0.39, 0.29) is 10.3 Å². The molecule has 2 aromatic heterocycles. The van der Waals surface area contributed by atoms with Gasteiger partial charge in [-0.3, -0.25) is 19.1 Å². The van der Waals surface area contributed by atoms with E-state index in [1.54, 1.807) is 18.3 Å². The molecule has 4 aromatic rings. The molecule has 0 aliphatic carbocycles. The lowest BCUT2D eigenvalue weighted by Crippen LogP contribution is -2.11. The third-order valence-corrected chi connectivity index (χ3v) is 6.46. The summed E-state index contributed by atoms with van der Waals surface area (Å²) in [5.41, 5.74) is 3.79. The third-order valence-electron chi connectivity index (χ3n) is 5.53. The average molecular weight is 511 g/mol. The maximum atomic E-state index is 14.0. The number of carbonyl (C=O) groups excluding carboxylic acids is 1. The molecule has 0 bridgehead atoms. The van der Waals surface area contributed by atoms with Crippen molar-refractivity contribution in [3.05, 3.63) is 71.3 Å². The number of pyridine rings is 1. The number of hydrogen-bond acceptors (Lipinski definition) is 5. The van der Waals surface area contributed by atoms with Crippen molar-refractivity contribution in [2.75, 3.05) is 11.6 Å². The molecule has 9 heteroatoms. The second-order valence-corrected chi connectivity index (χ2v) is 10.6. The van der Waals surface area contributed by atoms with E-state index >= 15 is 0 Å². The summed E-state index contributed by atoms with van der Waals surface area (Å²) >= 11 is 0. The molecule has 36 heavy (non-hydrogen) atoms. The summed E-state index contributed by atoms with van der Waals surface area (Å²) in [5, 5.41) is 9.88. The fraction of sp³-hybridized carbons (Fsp3) is 0.296. The Morgan fingerprint density at radius 1 is 1.14 bits per heavy atom. The Morgan fingerprint density at radius 2 is 1.89 bits per heavy atom. The summed E-state index contributed by atoms with van der Waals surface area (Å²) < 4.78 is 31.8. The van der Waals surface area contributed by atoms with Crippen molar-refractivity contribution in [2.24, 2.45) is 0 Å². The molecule has 0 aliphatic heterocycles. The van der Waals surface area contributed by atoms with Crippen LogP contribution in [0.3, 0.4) is 0 Å². The van der Waals surface area contributed by atoms with Crippen molar-refractivity contribution in [3.63, 3.8) is 0 Å². The summed E-state index contributed by atoms with van der Waals surface area (Å²) in [7, 11) is -1.42. The zero-order valence-corrected chi connectivity index (χ0v) is 22.1. The van der Waals surface area contributed by atoms with Crippen LogP contribution in [0.25, 0.3) is 10.9 Å². The Hall–Kier alpha value is -3.59. The number of aromatic nitrogens is 3. The van der Waals surface area contributed by atoms with E-state index in [0.717, 1.165) is 23.4 Å². The number of amides is 1. The van der Waals surface area contributed by atoms with Gasteiger partial charge in [0.05, 0.1) is 21.2 Å². The van der Waals surface area contributed by atoms with E-state index in [0.29, 0.717) is 28.9 Å². The summed E-state index contributed by atoms with van der Waals surface area (Å²) in [4.78, 5) is 14.4. The molecule has 7 nitrogen and oxygen atoms in total. The van der Waals surface area contributed by atoms with Crippen molar-refractivity contribution in [1.82, 2.24) is 15.2 Å². The zero-order chi connectivity index (χ0) is 26.5. The number of halogens is 1. The highest BCUT2D eigenvalue weighted by atomic mass is 32.2. The molecule has 0 saturated heterocycles. The molecular weight excluding hydrogens is 479 g/mol. The average Bonchev–Trinajstić information content (AvgIpc) is 3.30. The van der Waals surface area contributed by atoms with Gasteiger partial charge in [0.25, 0.3) is 0 Å². The van der Waals surface area contributed by atoms with Crippen LogP contribution in [-0.4, -0.2) is 32.1 Å². The van der Waals surface area contributed by atoms with Crippen LogP contribution in [0.15, 0.2) is 53.6 Å². The lowest BCUT2D eigenvalue weighted by atomic mass is 9.92. The van der Waals surface area contributed by atoms with Gasteiger partial charge in [-0.1, -0.05) is 39.8 Å². The minimum absolute atomic E-state index is 0.0375. The molecule has 2 N–H and O–H groups in total. The summed E-state index contributed by atoms with van der Waals surface area (Å²) in [6.45, 7) is 10.3. The molecular formula is C27H31FN4O3S. The fourth-order valence-electron chi connectivity index (χ4n) is 3.44. The van der Waals surface area contributed by atoms with Crippen molar-refractivity contribution < 1.29 is 18.1 Å². The Kier molecular flexibility index (Phi) is 8.57. The zero-order valence-electron chi connectivity index (χ0n) is 21.3. The number of fused-ring (bicyclic) bond motifs is 1. The van der Waals surface area contributed by atoms with Crippen LogP contribution in [0.5, 0.6) is 11.5 Å². The topological polar surface area (TPSA) is 97.0 Å². The van der Waals surface area contributed by atoms with Gasteiger partial charge in [0, 0.05) is 41.1 Å². The largest absolute Gasteiger partial charge is 0.456 e. The SMILES string of the molecule is CC(C)(C)c1cc(NC=O)n[nH]1.CCc1ccc(Oc2ccnc3cc(F)c(S(C)=O)cc23)c(C)c1. The van der Waals surface area contributed by atoms with E-state index in [9.17, 15) is 13.4 Å². The van der Waals surface area contributed by atoms with Gasteiger partial charge in [-0.15, -0.1) is 0 Å². The highest BCUT2D eigenvalue weighted by Crippen LogP contribution is 2.33. The number of nitrogens with one attached hydrogen (secondary N) is 2. The molecule has 4 rings (SSSR count). The molecule has 2 heterocycles. The third kappa shape index (κ3) is 6.54. The van der Waals surface area contributed by atoms with Gasteiger partial charge in [-0.05, 0) is 42.7 Å². The molecule has 0 fully saturated rings. The number of benzene rings is 2. The summed E-state index contributed by atoms with van der Waals surface area (Å²) in [6, 6.07) is 12.5. The standard InChI is InChI=1S/C19H18FNO2S.C8H13N3O/c1-4-13-5-6-17(12(2)9-13)23-18-7-8-21-16-11-15(20)19(24(3)22)10-14(16)18;1-8(2,3)6-4-7(9-5-12)11-10-6/h5-11H,4H2,1-3H3;4-5H,1-3H3,(H2,9,10,11,12). The van der Waals surface area contributed by atoms with Gasteiger partial charge in [-0.2, -0.15) is 5.10 Å². The molecule has 2 aromatic carbocycles. The number of rotatable bonds is 6. The number of aromatic amines is 1. The predicted octanol–water partition coefficient (Wildman–Crippen LogP) is 6.05. The first kappa shape index (κ1) is 27.0. The molecule has 1 atom stereocenters. The van der Waals surface area contributed by atoms with Crippen molar-refractivity contribution in [3.8, 4) is 11.5 Å². The molecule has 1 amide bonds. The van der Waals surface area contributed by atoms with Crippen LogP contribution >= 0.6 is 0 Å². The number of carbonyl (C=O) groups is 1. The fourth-order valence-corrected chi connectivity index (χ4v) is 4.05. The van der Waals surface area contributed by atoms with Gasteiger partial charge in [0.2, 0.25) is 6.41 Å². The van der Waals surface area contributed by atoms with Crippen LogP contribution in [0.1, 0.15) is 44.5 Å². The Balaban J connectivity index is 0.000000253. The first-order valence-electron chi connectivity index (χ1n) is 11.5. The second-order valence-electron chi connectivity index (χ2n) is 9.30. The maximum absolute atomic E-state index is 14.0. The molecule has 1 unspecified atom stereocenters. The first-order chi connectivity index (χ1) is 17.0. The Morgan fingerprint density at radius 3 is 2.47 bits per heavy atom. The lowest BCUT2D eigenvalue weighted by Gasteiger charge is -2.14. The van der Waals surface area contributed by atoms with Gasteiger partial charge >= 0.3 is 0 Å². The Labute approximate surface area is 212 Å². The highest BCUT2D eigenvalue weighted by Gasteiger charge is 2.16. The maximum Gasteiger partial charge on any atom is 0.212 e. The summed E-state index contributed by atoms with van der Waals surface area (Å²) in [5.74, 6) is 1.36. The summed E-state index contributed by atoms with van der Waals surface area (Å²) in [6.07, 6.45) is 4.61. The smallest absolute Gasteiger partial charge is 0.212 e.